The average Bonchev–Trinajstić information content (AvgIpc) is 2.59. The van der Waals surface area contributed by atoms with Gasteiger partial charge in [0.15, 0.2) is 5.76 Å². The van der Waals surface area contributed by atoms with E-state index in [1.165, 1.54) is 0 Å². The minimum atomic E-state index is -0.602. The zero-order chi connectivity index (χ0) is 13.8. The molecule has 1 aromatic rings. The molecule has 102 valence electrons. The first kappa shape index (κ1) is 14.7. The monoisotopic (exact) mass is 255 g/mol. The number of carbonyl (C=O) groups excluding carboxylic acids is 1. The van der Waals surface area contributed by atoms with Crippen LogP contribution >= 0.6 is 0 Å². The first-order valence-corrected chi connectivity index (χ1v) is 5.91. The SMILES string of the molecule is COCC(C)(CCO)NC(=O)c1cc(C)c(C)o1. The highest BCUT2D eigenvalue weighted by atomic mass is 16.5. The van der Waals surface area contributed by atoms with E-state index in [2.05, 4.69) is 5.32 Å². The molecule has 0 aliphatic heterocycles. The summed E-state index contributed by atoms with van der Waals surface area (Å²) in [6.07, 6.45) is 0.422. The molecule has 1 rings (SSSR count). The fraction of sp³-hybridized carbons (Fsp3) is 0.615. The molecule has 0 aromatic carbocycles. The highest BCUT2D eigenvalue weighted by Crippen LogP contribution is 2.16. The van der Waals surface area contributed by atoms with Gasteiger partial charge in [-0.15, -0.1) is 0 Å². The van der Waals surface area contributed by atoms with Crippen molar-refractivity contribution in [1.82, 2.24) is 5.32 Å². The van der Waals surface area contributed by atoms with E-state index in [1.54, 1.807) is 13.2 Å². The molecule has 0 aliphatic carbocycles. The van der Waals surface area contributed by atoms with Gasteiger partial charge >= 0.3 is 0 Å². The minimum absolute atomic E-state index is 0.0175. The van der Waals surface area contributed by atoms with Gasteiger partial charge in [0.1, 0.15) is 5.76 Å². The molecule has 5 heteroatoms. The standard InChI is InChI=1S/C13H21NO4/c1-9-7-11(18-10(9)2)12(16)14-13(3,5-6-15)8-17-4/h7,15H,5-6,8H2,1-4H3,(H,14,16). The van der Waals surface area contributed by atoms with Gasteiger partial charge in [0.25, 0.3) is 5.91 Å². The largest absolute Gasteiger partial charge is 0.456 e. The second-order valence-corrected chi connectivity index (χ2v) is 4.77. The Hall–Kier alpha value is -1.33. The lowest BCUT2D eigenvalue weighted by atomic mass is 9.99. The minimum Gasteiger partial charge on any atom is -0.456 e. The van der Waals surface area contributed by atoms with Gasteiger partial charge in [-0.05, 0) is 38.8 Å². The molecule has 0 saturated carbocycles. The van der Waals surface area contributed by atoms with Crippen molar-refractivity contribution in [3.63, 3.8) is 0 Å². The van der Waals surface area contributed by atoms with Gasteiger partial charge in [-0.1, -0.05) is 0 Å². The number of hydrogen-bond acceptors (Lipinski definition) is 4. The number of amides is 1. The maximum Gasteiger partial charge on any atom is 0.287 e. The van der Waals surface area contributed by atoms with Crippen LogP contribution in [0.2, 0.25) is 0 Å². The summed E-state index contributed by atoms with van der Waals surface area (Å²) in [7, 11) is 1.56. The summed E-state index contributed by atoms with van der Waals surface area (Å²) in [4.78, 5) is 12.0. The van der Waals surface area contributed by atoms with Crippen LogP contribution in [0.5, 0.6) is 0 Å². The normalized spacial score (nSPS) is 14.3. The van der Waals surface area contributed by atoms with Crippen LogP contribution in [0.4, 0.5) is 0 Å². The molecular weight excluding hydrogens is 234 g/mol. The van der Waals surface area contributed by atoms with Crippen molar-refractivity contribution in [2.24, 2.45) is 0 Å². The molecule has 0 saturated heterocycles. The van der Waals surface area contributed by atoms with Gasteiger partial charge in [0.05, 0.1) is 12.1 Å². The molecule has 1 atom stereocenters. The molecule has 1 heterocycles. The van der Waals surface area contributed by atoms with E-state index in [1.807, 2.05) is 20.8 Å². The number of aliphatic hydroxyl groups excluding tert-OH is 1. The van der Waals surface area contributed by atoms with Crippen molar-refractivity contribution in [3.8, 4) is 0 Å². The number of aryl methyl sites for hydroxylation is 2. The van der Waals surface area contributed by atoms with Crippen LogP contribution in [0, 0.1) is 13.8 Å². The Morgan fingerprint density at radius 2 is 2.22 bits per heavy atom. The lowest BCUT2D eigenvalue weighted by molar-refractivity contribution is 0.0702. The highest BCUT2D eigenvalue weighted by Gasteiger charge is 2.27. The third kappa shape index (κ3) is 3.58. The molecule has 1 aromatic heterocycles. The van der Waals surface area contributed by atoms with Crippen molar-refractivity contribution in [3.05, 3.63) is 23.2 Å². The van der Waals surface area contributed by atoms with E-state index in [9.17, 15) is 4.79 Å². The zero-order valence-electron chi connectivity index (χ0n) is 11.4. The third-order valence-electron chi connectivity index (χ3n) is 2.93. The smallest absolute Gasteiger partial charge is 0.287 e. The second-order valence-electron chi connectivity index (χ2n) is 4.77. The summed E-state index contributed by atoms with van der Waals surface area (Å²) in [5.74, 6) is 0.722. The number of aliphatic hydroxyl groups is 1. The molecule has 1 amide bonds. The molecule has 1 unspecified atom stereocenters. The number of rotatable bonds is 6. The molecule has 0 aliphatic rings. The summed E-state index contributed by atoms with van der Waals surface area (Å²) < 4.78 is 10.4. The Balaban J connectivity index is 2.78. The second kappa shape index (κ2) is 6.02. The zero-order valence-corrected chi connectivity index (χ0v) is 11.4. The van der Waals surface area contributed by atoms with Crippen LogP contribution < -0.4 is 5.32 Å². The summed E-state index contributed by atoms with van der Waals surface area (Å²) in [6.45, 7) is 5.84. The van der Waals surface area contributed by atoms with E-state index in [0.29, 0.717) is 13.0 Å². The van der Waals surface area contributed by atoms with Crippen LogP contribution in [-0.4, -0.2) is 36.9 Å². The quantitative estimate of drug-likeness (QED) is 0.806. The number of furan rings is 1. The van der Waals surface area contributed by atoms with Crippen molar-refractivity contribution in [2.45, 2.75) is 32.7 Å². The van der Waals surface area contributed by atoms with Crippen molar-refractivity contribution >= 4 is 5.91 Å². The fourth-order valence-electron chi connectivity index (χ4n) is 1.76. The van der Waals surface area contributed by atoms with Gasteiger partial charge in [-0.25, -0.2) is 0 Å². The molecule has 2 N–H and O–H groups in total. The fourth-order valence-corrected chi connectivity index (χ4v) is 1.76. The summed E-state index contributed by atoms with van der Waals surface area (Å²) in [5, 5.41) is 11.9. The van der Waals surface area contributed by atoms with Crippen LogP contribution in [0.15, 0.2) is 10.5 Å². The van der Waals surface area contributed by atoms with E-state index >= 15 is 0 Å². The highest BCUT2D eigenvalue weighted by molar-refractivity contribution is 5.92. The average molecular weight is 255 g/mol. The Bertz CT molecular complexity index is 386. The van der Waals surface area contributed by atoms with Gasteiger partial charge < -0.3 is 19.6 Å². The third-order valence-corrected chi connectivity index (χ3v) is 2.93. The van der Waals surface area contributed by atoms with E-state index in [0.717, 1.165) is 11.3 Å². The van der Waals surface area contributed by atoms with Crippen LogP contribution in [0.25, 0.3) is 0 Å². The number of hydrogen-bond donors (Lipinski definition) is 2. The molecule has 0 spiro atoms. The lowest BCUT2D eigenvalue weighted by Gasteiger charge is -2.28. The first-order valence-electron chi connectivity index (χ1n) is 5.91. The van der Waals surface area contributed by atoms with E-state index in [-0.39, 0.29) is 18.3 Å². The van der Waals surface area contributed by atoms with Crippen LogP contribution in [-0.2, 0) is 4.74 Å². The van der Waals surface area contributed by atoms with E-state index < -0.39 is 5.54 Å². The Morgan fingerprint density at radius 1 is 1.56 bits per heavy atom. The molecule has 0 bridgehead atoms. The molecule has 18 heavy (non-hydrogen) atoms. The number of carbonyl (C=O) groups is 1. The van der Waals surface area contributed by atoms with Crippen LogP contribution in [0.1, 0.15) is 35.2 Å². The number of methoxy groups -OCH3 is 1. The topological polar surface area (TPSA) is 71.7 Å². The maximum absolute atomic E-state index is 12.0. The number of ether oxygens (including phenoxy) is 1. The van der Waals surface area contributed by atoms with Crippen molar-refractivity contribution in [2.75, 3.05) is 20.3 Å². The maximum atomic E-state index is 12.0. The van der Waals surface area contributed by atoms with Gasteiger partial charge in [-0.3, -0.25) is 4.79 Å². The van der Waals surface area contributed by atoms with E-state index in [4.69, 9.17) is 14.3 Å². The molecule has 5 nitrogen and oxygen atoms in total. The lowest BCUT2D eigenvalue weighted by Crippen LogP contribution is -2.49. The predicted octanol–water partition coefficient (Wildman–Crippen LogP) is 1.41. The van der Waals surface area contributed by atoms with Gasteiger partial charge in [0.2, 0.25) is 0 Å². The van der Waals surface area contributed by atoms with Crippen molar-refractivity contribution < 1.29 is 19.1 Å². The Labute approximate surface area is 107 Å². The van der Waals surface area contributed by atoms with Gasteiger partial charge in [0, 0.05) is 13.7 Å². The summed E-state index contributed by atoms with van der Waals surface area (Å²) in [6, 6.07) is 1.71. The summed E-state index contributed by atoms with van der Waals surface area (Å²) in [5.41, 5.74) is 0.339. The Morgan fingerprint density at radius 3 is 2.67 bits per heavy atom. The van der Waals surface area contributed by atoms with Crippen molar-refractivity contribution in [1.29, 1.82) is 0 Å². The molecular formula is C13H21NO4. The van der Waals surface area contributed by atoms with Gasteiger partial charge in [-0.2, -0.15) is 0 Å². The van der Waals surface area contributed by atoms with Crippen LogP contribution in [0.3, 0.4) is 0 Å². The predicted molar refractivity (Wildman–Crippen MR) is 67.6 cm³/mol. The molecule has 0 radical (unpaired) electrons. The Kier molecular flexibility index (Phi) is 4.93. The summed E-state index contributed by atoms with van der Waals surface area (Å²) >= 11 is 0. The molecule has 0 fully saturated rings. The number of nitrogens with one attached hydrogen (secondary N) is 1. The first-order chi connectivity index (χ1) is 8.41.